The molecule has 0 aliphatic rings. The number of hydrogen-bond acceptors (Lipinski definition) is 4. The Morgan fingerprint density at radius 1 is 1.32 bits per heavy atom. The van der Waals surface area contributed by atoms with Gasteiger partial charge in [0.2, 0.25) is 0 Å². The van der Waals surface area contributed by atoms with Crippen molar-refractivity contribution in [2.45, 2.75) is 33.3 Å². The Hall–Kier alpha value is -2.97. The third kappa shape index (κ3) is 5.28. The number of nitrogens with one attached hydrogen (secondary N) is 1. The van der Waals surface area contributed by atoms with E-state index in [-0.39, 0.29) is 11.7 Å². The van der Waals surface area contributed by atoms with Crippen LogP contribution in [0.2, 0.25) is 5.02 Å². The highest BCUT2D eigenvalue weighted by molar-refractivity contribution is 6.32. The van der Waals surface area contributed by atoms with Gasteiger partial charge in [-0.2, -0.15) is 5.26 Å². The Bertz CT molecular complexity index is 930. The zero-order chi connectivity index (χ0) is 20.7. The number of rotatable bonds is 7. The van der Waals surface area contributed by atoms with Crippen LogP contribution in [-0.4, -0.2) is 19.1 Å². The Morgan fingerprint density at radius 2 is 2.04 bits per heavy atom. The smallest absolute Gasteiger partial charge is 0.266 e. The normalized spacial score (nSPS) is 11.1. The zero-order valence-electron chi connectivity index (χ0n) is 16.4. The van der Waals surface area contributed by atoms with Gasteiger partial charge in [0.25, 0.3) is 5.91 Å². The van der Waals surface area contributed by atoms with E-state index in [2.05, 4.69) is 5.32 Å². The molecular weight excluding hydrogens is 376 g/mol. The number of nitrogens with zero attached hydrogens (tertiary/aromatic N) is 1. The lowest BCUT2D eigenvalue weighted by Gasteiger charge is -2.15. The Morgan fingerprint density at radius 3 is 2.64 bits per heavy atom. The van der Waals surface area contributed by atoms with Crippen LogP contribution in [0.4, 0.5) is 5.69 Å². The number of benzene rings is 2. The molecule has 0 heterocycles. The molecule has 2 aromatic carbocycles. The molecule has 0 saturated heterocycles. The topological polar surface area (TPSA) is 71.4 Å². The lowest BCUT2D eigenvalue weighted by Crippen LogP contribution is -2.14. The van der Waals surface area contributed by atoms with Gasteiger partial charge in [-0.05, 0) is 55.7 Å². The predicted octanol–water partition coefficient (Wildman–Crippen LogP) is 5.24. The van der Waals surface area contributed by atoms with Gasteiger partial charge < -0.3 is 14.8 Å². The summed E-state index contributed by atoms with van der Waals surface area (Å²) in [6.45, 7) is 5.77. The van der Waals surface area contributed by atoms with Gasteiger partial charge in [0.1, 0.15) is 11.6 Å². The van der Waals surface area contributed by atoms with Crippen LogP contribution in [-0.2, 0) is 11.2 Å². The number of para-hydroxylation sites is 1. The van der Waals surface area contributed by atoms with Gasteiger partial charge in [0, 0.05) is 5.69 Å². The highest BCUT2D eigenvalue weighted by atomic mass is 35.5. The van der Waals surface area contributed by atoms with Gasteiger partial charge >= 0.3 is 0 Å². The zero-order valence-corrected chi connectivity index (χ0v) is 17.1. The van der Waals surface area contributed by atoms with Crippen molar-refractivity contribution in [3.63, 3.8) is 0 Å². The number of ether oxygens (including phenoxy) is 2. The van der Waals surface area contributed by atoms with Crippen molar-refractivity contribution in [1.29, 1.82) is 5.26 Å². The quantitative estimate of drug-likeness (QED) is 0.511. The molecule has 1 N–H and O–H groups in total. The van der Waals surface area contributed by atoms with Crippen molar-refractivity contribution in [2.24, 2.45) is 0 Å². The molecule has 0 unspecified atom stereocenters. The van der Waals surface area contributed by atoms with E-state index in [1.54, 1.807) is 12.1 Å². The van der Waals surface area contributed by atoms with E-state index in [0.717, 1.165) is 12.0 Å². The average Bonchev–Trinajstić information content (AvgIpc) is 2.67. The number of carbonyl (C=O) groups excluding carboxylic acids is 1. The summed E-state index contributed by atoms with van der Waals surface area (Å²) >= 11 is 6.32. The van der Waals surface area contributed by atoms with Gasteiger partial charge in [-0.25, -0.2) is 0 Å². The Balaban J connectivity index is 2.34. The van der Waals surface area contributed by atoms with Gasteiger partial charge in [0.05, 0.1) is 18.2 Å². The van der Waals surface area contributed by atoms with Crippen molar-refractivity contribution in [3.8, 4) is 17.6 Å². The fourth-order valence-corrected chi connectivity index (χ4v) is 2.89. The SMILES string of the molecule is CCc1ccccc1NC(=O)/C(C#N)=C/c1cc(Cl)c(OC(C)C)c(OC)c1. The van der Waals surface area contributed by atoms with E-state index in [1.165, 1.54) is 13.2 Å². The monoisotopic (exact) mass is 398 g/mol. The minimum atomic E-state index is -0.485. The molecule has 0 atom stereocenters. The standard InChI is InChI=1S/C22H23ClN2O3/c1-5-16-8-6-7-9-19(16)25-22(26)17(13-24)10-15-11-18(23)21(28-14(2)3)20(12-15)27-4/h6-12,14H,5H2,1-4H3,(H,25,26)/b17-10+. The Kier molecular flexibility index (Phi) is 7.48. The first kappa shape index (κ1) is 21.3. The number of aryl methyl sites for hydroxylation is 1. The van der Waals surface area contributed by atoms with Gasteiger partial charge in [-0.15, -0.1) is 0 Å². The van der Waals surface area contributed by atoms with Crippen molar-refractivity contribution >= 4 is 29.3 Å². The summed E-state index contributed by atoms with van der Waals surface area (Å²) in [5.74, 6) is 0.374. The number of carbonyl (C=O) groups is 1. The van der Waals surface area contributed by atoms with E-state index < -0.39 is 5.91 Å². The minimum Gasteiger partial charge on any atom is -0.493 e. The van der Waals surface area contributed by atoms with E-state index in [0.29, 0.717) is 27.8 Å². The van der Waals surface area contributed by atoms with E-state index in [1.807, 2.05) is 51.1 Å². The molecule has 28 heavy (non-hydrogen) atoms. The summed E-state index contributed by atoms with van der Waals surface area (Å²) in [5, 5.41) is 12.6. The number of amides is 1. The first-order valence-electron chi connectivity index (χ1n) is 8.94. The van der Waals surface area contributed by atoms with Gasteiger partial charge in [0.15, 0.2) is 11.5 Å². The number of nitriles is 1. The molecule has 0 aliphatic heterocycles. The van der Waals surface area contributed by atoms with Crippen molar-refractivity contribution in [3.05, 3.63) is 58.1 Å². The summed E-state index contributed by atoms with van der Waals surface area (Å²) in [7, 11) is 1.51. The largest absolute Gasteiger partial charge is 0.493 e. The van der Waals surface area contributed by atoms with Crippen LogP contribution in [0.1, 0.15) is 31.9 Å². The fraction of sp³-hybridized carbons (Fsp3) is 0.273. The second-order valence-corrected chi connectivity index (χ2v) is 6.74. The second-order valence-electron chi connectivity index (χ2n) is 6.34. The molecule has 2 aromatic rings. The molecule has 0 radical (unpaired) electrons. The summed E-state index contributed by atoms with van der Waals surface area (Å²) < 4.78 is 11.0. The highest BCUT2D eigenvalue weighted by Gasteiger charge is 2.15. The number of halogens is 1. The van der Waals surface area contributed by atoms with Crippen LogP contribution in [0.15, 0.2) is 42.0 Å². The third-order valence-corrected chi connectivity index (χ3v) is 4.21. The average molecular weight is 399 g/mol. The lowest BCUT2D eigenvalue weighted by atomic mass is 10.1. The maximum absolute atomic E-state index is 12.6. The molecule has 0 spiro atoms. The third-order valence-electron chi connectivity index (χ3n) is 3.93. The van der Waals surface area contributed by atoms with Crippen LogP contribution in [0.3, 0.4) is 0 Å². The Labute approximate surface area is 170 Å². The van der Waals surface area contributed by atoms with Crippen LogP contribution in [0, 0.1) is 11.3 Å². The molecule has 0 fully saturated rings. The van der Waals surface area contributed by atoms with E-state index in [9.17, 15) is 10.1 Å². The second kappa shape index (κ2) is 9.82. The summed E-state index contributed by atoms with van der Waals surface area (Å²) in [6, 6.07) is 12.7. The molecule has 5 nitrogen and oxygen atoms in total. The minimum absolute atomic E-state index is 0.0402. The molecule has 2 rings (SSSR count). The molecule has 146 valence electrons. The lowest BCUT2D eigenvalue weighted by molar-refractivity contribution is -0.112. The molecule has 0 aromatic heterocycles. The predicted molar refractivity (Wildman–Crippen MR) is 112 cm³/mol. The van der Waals surface area contributed by atoms with Gasteiger partial charge in [-0.3, -0.25) is 4.79 Å². The maximum Gasteiger partial charge on any atom is 0.266 e. The number of methoxy groups -OCH3 is 1. The molecule has 0 bridgehead atoms. The van der Waals surface area contributed by atoms with Crippen LogP contribution in [0.5, 0.6) is 11.5 Å². The fourth-order valence-electron chi connectivity index (χ4n) is 2.63. The van der Waals surface area contributed by atoms with E-state index in [4.69, 9.17) is 21.1 Å². The van der Waals surface area contributed by atoms with Crippen LogP contribution < -0.4 is 14.8 Å². The molecule has 0 saturated carbocycles. The first-order valence-corrected chi connectivity index (χ1v) is 9.32. The summed E-state index contributed by atoms with van der Waals surface area (Å²) in [6.07, 6.45) is 2.16. The van der Waals surface area contributed by atoms with Crippen molar-refractivity contribution in [2.75, 3.05) is 12.4 Å². The molecule has 1 amide bonds. The van der Waals surface area contributed by atoms with E-state index >= 15 is 0 Å². The molecule has 6 heteroatoms. The highest BCUT2D eigenvalue weighted by Crippen LogP contribution is 2.37. The van der Waals surface area contributed by atoms with Crippen molar-refractivity contribution < 1.29 is 14.3 Å². The first-order chi connectivity index (χ1) is 13.4. The van der Waals surface area contributed by atoms with Crippen molar-refractivity contribution in [1.82, 2.24) is 0 Å². The summed E-state index contributed by atoms with van der Waals surface area (Å²) in [4.78, 5) is 12.6. The van der Waals surface area contributed by atoms with Crippen LogP contribution >= 0.6 is 11.6 Å². The van der Waals surface area contributed by atoms with Crippen LogP contribution in [0.25, 0.3) is 6.08 Å². The number of hydrogen-bond donors (Lipinski definition) is 1. The maximum atomic E-state index is 12.6. The molecular formula is C22H23ClN2O3. The molecule has 0 aliphatic carbocycles. The van der Waals surface area contributed by atoms with Gasteiger partial charge in [-0.1, -0.05) is 36.7 Å². The summed E-state index contributed by atoms with van der Waals surface area (Å²) in [5.41, 5.74) is 2.20. The number of anilines is 1.